The second-order valence-corrected chi connectivity index (χ2v) is 9.45. The van der Waals surface area contributed by atoms with Gasteiger partial charge in [0, 0.05) is 13.0 Å². The molecule has 2 atom stereocenters. The van der Waals surface area contributed by atoms with Gasteiger partial charge in [-0.2, -0.15) is 0 Å². The molecule has 2 aromatic carbocycles. The van der Waals surface area contributed by atoms with Crippen LogP contribution in [0, 0.1) is 0 Å². The lowest BCUT2D eigenvalue weighted by Gasteiger charge is -2.38. The standard InChI is InChI=1S/C25H31NO6/c1-24(2,3)32-22(27)13-18-10-11-21-20(12-18)26(15-17-8-6-5-7-9-17)16-19(31-21)14-25(4,30)23(28)29/h5-12,19,30H,13-16H2,1-4H3,(H,28,29)/t19-,25+/m0/s1. The van der Waals surface area contributed by atoms with E-state index in [4.69, 9.17) is 9.47 Å². The molecule has 0 aliphatic carbocycles. The van der Waals surface area contributed by atoms with Crippen LogP contribution in [0.5, 0.6) is 5.75 Å². The third kappa shape index (κ3) is 6.23. The Balaban J connectivity index is 1.86. The molecule has 32 heavy (non-hydrogen) atoms. The van der Waals surface area contributed by atoms with Crippen LogP contribution in [0.3, 0.4) is 0 Å². The maximum absolute atomic E-state index is 12.3. The Morgan fingerprint density at radius 1 is 1.09 bits per heavy atom. The molecule has 0 amide bonds. The molecule has 0 unspecified atom stereocenters. The minimum absolute atomic E-state index is 0.0489. The van der Waals surface area contributed by atoms with Gasteiger partial charge in [-0.25, -0.2) is 4.79 Å². The monoisotopic (exact) mass is 441 g/mol. The van der Waals surface area contributed by atoms with Crippen LogP contribution in [0.25, 0.3) is 0 Å². The number of fused-ring (bicyclic) bond motifs is 1. The quantitative estimate of drug-likeness (QED) is 0.634. The summed E-state index contributed by atoms with van der Waals surface area (Å²) in [6.45, 7) is 7.76. The lowest BCUT2D eigenvalue weighted by molar-refractivity contribution is -0.159. The maximum Gasteiger partial charge on any atom is 0.335 e. The van der Waals surface area contributed by atoms with Gasteiger partial charge < -0.3 is 24.6 Å². The summed E-state index contributed by atoms with van der Waals surface area (Å²) in [5, 5.41) is 19.6. The average molecular weight is 442 g/mol. The van der Waals surface area contributed by atoms with Crippen molar-refractivity contribution in [2.75, 3.05) is 11.4 Å². The first-order chi connectivity index (χ1) is 14.9. The Morgan fingerprint density at radius 3 is 2.41 bits per heavy atom. The van der Waals surface area contributed by atoms with Crippen molar-refractivity contribution in [2.45, 2.75) is 64.4 Å². The Kier molecular flexibility index (Phi) is 6.79. The number of nitrogens with zero attached hydrogens (tertiary/aromatic N) is 1. The summed E-state index contributed by atoms with van der Waals surface area (Å²) in [4.78, 5) is 25.8. The van der Waals surface area contributed by atoms with Crippen molar-refractivity contribution >= 4 is 17.6 Å². The van der Waals surface area contributed by atoms with Crippen LogP contribution >= 0.6 is 0 Å². The number of carboxylic acid groups (broad SMARTS) is 1. The number of carboxylic acids is 1. The molecule has 0 saturated carbocycles. The number of carbonyl (C=O) groups is 2. The van der Waals surface area contributed by atoms with Crippen LogP contribution in [0.2, 0.25) is 0 Å². The van der Waals surface area contributed by atoms with Crippen molar-refractivity contribution in [2.24, 2.45) is 0 Å². The zero-order valence-electron chi connectivity index (χ0n) is 19.0. The van der Waals surface area contributed by atoms with Crippen LogP contribution in [-0.2, 0) is 27.3 Å². The molecule has 2 N–H and O–H groups in total. The van der Waals surface area contributed by atoms with Crippen LogP contribution in [0.1, 0.15) is 45.2 Å². The highest BCUT2D eigenvalue weighted by molar-refractivity contribution is 5.77. The summed E-state index contributed by atoms with van der Waals surface area (Å²) in [6, 6.07) is 15.4. The number of benzene rings is 2. The first kappa shape index (κ1) is 23.6. The van der Waals surface area contributed by atoms with Crippen molar-refractivity contribution in [1.82, 2.24) is 0 Å². The SMILES string of the molecule is CC(C)(C)OC(=O)Cc1ccc2c(c1)N(Cc1ccccc1)C[C@H](C[C@@](C)(O)C(=O)O)O2. The third-order valence-corrected chi connectivity index (χ3v) is 5.15. The average Bonchev–Trinajstić information content (AvgIpc) is 2.67. The fourth-order valence-corrected chi connectivity index (χ4v) is 3.72. The molecule has 3 rings (SSSR count). The number of rotatable bonds is 7. The van der Waals surface area contributed by atoms with E-state index in [-0.39, 0.29) is 18.8 Å². The minimum atomic E-state index is -1.89. The Labute approximate surface area is 188 Å². The van der Waals surface area contributed by atoms with Crippen LogP contribution in [0.4, 0.5) is 5.69 Å². The highest BCUT2D eigenvalue weighted by Gasteiger charge is 2.37. The van der Waals surface area contributed by atoms with E-state index in [0.29, 0.717) is 18.8 Å². The first-order valence-electron chi connectivity index (χ1n) is 10.7. The topological polar surface area (TPSA) is 96.3 Å². The van der Waals surface area contributed by atoms with Crippen LogP contribution in [-0.4, -0.2) is 46.0 Å². The molecule has 0 aromatic heterocycles. The van der Waals surface area contributed by atoms with Crippen molar-refractivity contribution in [3.05, 3.63) is 59.7 Å². The molecule has 172 valence electrons. The summed E-state index contributed by atoms with van der Waals surface area (Å²) < 4.78 is 11.5. The largest absolute Gasteiger partial charge is 0.486 e. The minimum Gasteiger partial charge on any atom is -0.486 e. The van der Waals surface area contributed by atoms with Gasteiger partial charge >= 0.3 is 11.9 Å². The van der Waals surface area contributed by atoms with Gasteiger partial charge in [-0.1, -0.05) is 36.4 Å². The van der Waals surface area contributed by atoms with Gasteiger partial charge in [0.05, 0.1) is 18.7 Å². The predicted octanol–water partition coefficient (Wildman–Crippen LogP) is 3.56. The number of carbonyl (C=O) groups excluding carboxylic acids is 1. The number of esters is 1. The van der Waals surface area contributed by atoms with Crippen molar-refractivity contribution in [3.8, 4) is 5.75 Å². The fourth-order valence-electron chi connectivity index (χ4n) is 3.72. The fraction of sp³-hybridized carbons (Fsp3) is 0.440. The molecular formula is C25H31NO6. The van der Waals surface area contributed by atoms with Gasteiger partial charge in [-0.3, -0.25) is 4.79 Å². The number of hydrogen-bond acceptors (Lipinski definition) is 6. The molecule has 0 radical (unpaired) electrons. The van der Waals surface area contributed by atoms with E-state index in [1.54, 1.807) is 12.1 Å². The molecule has 0 fully saturated rings. The number of hydrogen-bond donors (Lipinski definition) is 2. The second-order valence-electron chi connectivity index (χ2n) is 9.45. The Hall–Kier alpha value is -3.06. The second kappa shape index (κ2) is 9.20. The lowest BCUT2D eigenvalue weighted by atomic mass is 9.96. The Morgan fingerprint density at radius 2 is 1.78 bits per heavy atom. The third-order valence-electron chi connectivity index (χ3n) is 5.15. The van der Waals surface area contributed by atoms with E-state index in [0.717, 1.165) is 16.8 Å². The van der Waals surface area contributed by atoms with Gasteiger partial charge in [-0.15, -0.1) is 0 Å². The van der Waals surface area contributed by atoms with Crippen LogP contribution < -0.4 is 9.64 Å². The molecular weight excluding hydrogens is 410 g/mol. The van der Waals surface area contributed by atoms with Crippen molar-refractivity contribution < 1.29 is 29.3 Å². The zero-order valence-corrected chi connectivity index (χ0v) is 19.0. The first-order valence-corrected chi connectivity index (χ1v) is 10.7. The molecule has 1 aliphatic heterocycles. The van der Waals surface area contributed by atoms with Crippen molar-refractivity contribution in [3.63, 3.8) is 0 Å². The molecule has 1 aliphatic rings. The van der Waals surface area contributed by atoms with E-state index < -0.39 is 23.3 Å². The summed E-state index contributed by atoms with van der Waals surface area (Å²) in [7, 11) is 0. The molecule has 0 bridgehead atoms. The number of aliphatic carboxylic acids is 1. The number of aliphatic hydroxyl groups is 1. The highest BCUT2D eigenvalue weighted by Crippen LogP contribution is 2.37. The van der Waals surface area contributed by atoms with E-state index in [1.165, 1.54) is 6.92 Å². The summed E-state index contributed by atoms with van der Waals surface area (Å²) in [5.74, 6) is -1.00. The molecule has 2 aromatic rings. The maximum atomic E-state index is 12.3. The summed E-state index contributed by atoms with van der Waals surface area (Å²) in [6.07, 6.45) is -0.415. The Bertz CT molecular complexity index is 964. The molecule has 7 heteroatoms. The number of ether oxygens (including phenoxy) is 2. The molecule has 0 spiro atoms. The summed E-state index contributed by atoms with van der Waals surface area (Å²) >= 11 is 0. The van der Waals surface area contributed by atoms with Crippen molar-refractivity contribution in [1.29, 1.82) is 0 Å². The smallest absolute Gasteiger partial charge is 0.335 e. The van der Waals surface area contributed by atoms with Gasteiger partial charge in [0.2, 0.25) is 0 Å². The zero-order chi connectivity index (χ0) is 23.5. The summed E-state index contributed by atoms with van der Waals surface area (Å²) in [5.41, 5.74) is 0.262. The van der Waals surface area contributed by atoms with E-state index in [1.807, 2.05) is 57.2 Å². The van der Waals surface area contributed by atoms with Gasteiger partial charge in [0.25, 0.3) is 0 Å². The van der Waals surface area contributed by atoms with E-state index in [2.05, 4.69) is 4.90 Å². The van der Waals surface area contributed by atoms with E-state index >= 15 is 0 Å². The van der Waals surface area contributed by atoms with Crippen LogP contribution in [0.15, 0.2) is 48.5 Å². The molecule has 0 saturated heterocycles. The predicted molar refractivity (Wildman–Crippen MR) is 121 cm³/mol. The van der Waals surface area contributed by atoms with Gasteiger partial charge in [0.1, 0.15) is 17.5 Å². The molecule has 1 heterocycles. The van der Waals surface area contributed by atoms with E-state index in [9.17, 15) is 19.8 Å². The molecule has 7 nitrogen and oxygen atoms in total. The lowest BCUT2D eigenvalue weighted by Crippen LogP contribution is -2.46. The highest BCUT2D eigenvalue weighted by atomic mass is 16.6. The normalized spacial score (nSPS) is 17.7. The van der Waals surface area contributed by atoms with Gasteiger partial charge in [0.15, 0.2) is 5.60 Å². The van der Waals surface area contributed by atoms with Gasteiger partial charge in [-0.05, 0) is 51.0 Å². The number of anilines is 1.